The molecule has 0 unspecified atom stereocenters. The molecule has 2 atom stereocenters. The highest BCUT2D eigenvalue weighted by Gasteiger charge is 2.27. The molecule has 30 heavy (non-hydrogen) atoms. The number of hydrogen-bond donors (Lipinski definition) is 2. The lowest BCUT2D eigenvalue weighted by Gasteiger charge is -2.32. The van der Waals surface area contributed by atoms with Crippen molar-refractivity contribution < 1.29 is 15.0 Å². The number of fused-ring (bicyclic) bond motifs is 1. The number of carboxylic acid groups (broad SMARTS) is 1. The van der Waals surface area contributed by atoms with Crippen LogP contribution in [0.15, 0.2) is 66.7 Å². The van der Waals surface area contributed by atoms with Crippen LogP contribution in [0.2, 0.25) is 10.0 Å². The van der Waals surface area contributed by atoms with Crippen LogP contribution in [0.5, 0.6) is 5.75 Å². The lowest BCUT2D eigenvalue weighted by Crippen LogP contribution is -2.24. The highest BCUT2D eigenvalue weighted by Crippen LogP contribution is 2.42. The number of halogens is 2. The molecule has 0 fully saturated rings. The van der Waals surface area contributed by atoms with Crippen LogP contribution in [0.1, 0.15) is 51.8 Å². The lowest BCUT2D eigenvalue weighted by molar-refractivity contribution is -0.268. The maximum Gasteiger partial charge on any atom is 0.335 e. The molecule has 6 heteroatoms. The Hall–Kier alpha value is -2.53. The number of aromatic carboxylic acids is 1. The molecule has 4 nitrogen and oxygen atoms in total. The molecule has 2 N–H and O–H groups in total. The van der Waals surface area contributed by atoms with E-state index in [9.17, 15) is 9.90 Å². The van der Waals surface area contributed by atoms with Gasteiger partial charge >= 0.3 is 5.97 Å². The van der Waals surface area contributed by atoms with E-state index in [0.29, 0.717) is 22.0 Å². The fourth-order valence-electron chi connectivity index (χ4n) is 3.81. The zero-order valence-electron chi connectivity index (χ0n) is 16.4. The molecule has 1 aliphatic carbocycles. The molecule has 0 saturated carbocycles. The maximum absolute atomic E-state index is 10.7. The van der Waals surface area contributed by atoms with Crippen molar-refractivity contribution in [2.75, 3.05) is 7.05 Å². The van der Waals surface area contributed by atoms with Crippen molar-refractivity contribution in [3.8, 4) is 5.75 Å². The molecule has 156 valence electrons. The summed E-state index contributed by atoms with van der Waals surface area (Å²) in [5, 5.41) is 23.7. The van der Waals surface area contributed by atoms with Gasteiger partial charge in [-0.25, -0.2) is 4.79 Å². The molecule has 3 aromatic carbocycles. The van der Waals surface area contributed by atoms with Crippen molar-refractivity contribution in [3.63, 3.8) is 0 Å². The zero-order valence-corrected chi connectivity index (χ0v) is 18.0. The van der Waals surface area contributed by atoms with Crippen molar-refractivity contribution in [3.05, 3.63) is 99.0 Å². The summed E-state index contributed by atoms with van der Waals surface area (Å²) in [5.41, 5.74) is 3.87. The van der Waals surface area contributed by atoms with Crippen LogP contribution in [-0.2, 0) is 0 Å². The Labute approximate surface area is 186 Å². The number of rotatable bonds is 3. The molecule has 0 spiro atoms. The summed E-state index contributed by atoms with van der Waals surface area (Å²) in [4.78, 5) is 10.2. The maximum atomic E-state index is 10.7. The number of carboxylic acids is 1. The molecule has 0 bridgehead atoms. The highest BCUT2D eigenvalue weighted by atomic mass is 35.5. The smallest absolute Gasteiger partial charge is 0.335 e. The average Bonchev–Trinajstić information content (AvgIpc) is 2.75. The summed E-state index contributed by atoms with van der Waals surface area (Å²) < 4.78 is 0. The summed E-state index contributed by atoms with van der Waals surface area (Å²) in [6, 6.07) is 20.7. The number of carbonyl (C=O) groups is 1. The molecule has 0 radical (unpaired) electrons. The Kier molecular flexibility index (Phi) is 7.38. The quantitative estimate of drug-likeness (QED) is 0.550. The third-order valence-corrected chi connectivity index (χ3v) is 6.04. The minimum absolute atomic E-state index is 0.178. The van der Waals surface area contributed by atoms with Gasteiger partial charge in [-0.2, -0.15) is 0 Å². The first kappa shape index (κ1) is 22.2. The Morgan fingerprint density at radius 1 is 0.967 bits per heavy atom. The summed E-state index contributed by atoms with van der Waals surface area (Å²) in [6.07, 6.45) is 2.26. The average molecular weight is 443 g/mol. The van der Waals surface area contributed by atoms with E-state index in [4.69, 9.17) is 28.3 Å². The van der Waals surface area contributed by atoms with E-state index < -0.39 is 11.7 Å². The zero-order chi connectivity index (χ0) is 21.7. The largest absolute Gasteiger partial charge is 0.872 e. The van der Waals surface area contributed by atoms with E-state index in [-0.39, 0.29) is 5.56 Å². The van der Waals surface area contributed by atoms with Gasteiger partial charge in [0, 0.05) is 12.0 Å². The van der Waals surface area contributed by atoms with E-state index in [0.717, 1.165) is 12.8 Å². The van der Waals surface area contributed by atoms with Crippen molar-refractivity contribution >= 4 is 29.2 Å². The van der Waals surface area contributed by atoms with Gasteiger partial charge in [-0.3, -0.25) is 0 Å². The Morgan fingerprint density at radius 2 is 1.63 bits per heavy atom. The van der Waals surface area contributed by atoms with E-state index in [1.807, 2.05) is 19.2 Å². The first-order valence-electron chi connectivity index (χ1n) is 9.62. The van der Waals surface area contributed by atoms with Gasteiger partial charge in [0.1, 0.15) is 0 Å². The first-order chi connectivity index (χ1) is 14.4. The summed E-state index contributed by atoms with van der Waals surface area (Å²) in [5.74, 6) is -1.22. The Morgan fingerprint density at radius 3 is 2.23 bits per heavy atom. The molecule has 0 aromatic heterocycles. The number of nitrogens with one attached hydrogen (secondary N) is 1. The summed E-state index contributed by atoms with van der Waals surface area (Å²) in [7, 11) is 2.03. The second-order valence-corrected chi connectivity index (χ2v) is 7.89. The van der Waals surface area contributed by atoms with Gasteiger partial charge in [0.25, 0.3) is 0 Å². The molecule has 0 saturated heterocycles. The number of benzene rings is 3. The predicted octanol–water partition coefficient (Wildman–Crippen LogP) is 5.64. The van der Waals surface area contributed by atoms with Gasteiger partial charge < -0.3 is 15.5 Å². The van der Waals surface area contributed by atoms with Crippen LogP contribution in [-0.4, -0.2) is 18.1 Å². The molecule has 4 rings (SSSR count). The van der Waals surface area contributed by atoms with Crippen molar-refractivity contribution in [1.82, 2.24) is 5.32 Å². The molecular formula is C24H22Cl2NO3-. The summed E-state index contributed by atoms with van der Waals surface area (Å²) in [6.45, 7) is 0. The van der Waals surface area contributed by atoms with Crippen LogP contribution in [0.25, 0.3) is 0 Å². The number of hydrogen-bond acceptors (Lipinski definition) is 3. The molecule has 1 aliphatic rings. The van der Waals surface area contributed by atoms with Crippen LogP contribution >= 0.6 is 23.2 Å². The lowest BCUT2D eigenvalue weighted by atomic mass is 9.77. The molecular weight excluding hydrogens is 421 g/mol. The Bertz CT molecular complexity index is 1040. The van der Waals surface area contributed by atoms with E-state index in [1.54, 1.807) is 0 Å². The monoisotopic (exact) mass is 442 g/mol. The van der Waals surface area contributed by atoms with Crippen LogP contribution in [0, 0.1) is 0 Å². The summed E-state index contributed by atoms with van der Waals surface area (Å²) >= 11 is 12.2. The van der Waals surface area contributed by atoms with Gasteiger partial charge in [-0.05, 0) is 54.8 Å². The van der Waals surface area contributed by atoms with E-state index in [2.05, 4.69) is 35.6 Å². The van der Waals surface area contributed by atoms with Gasteiger partial charge in [-0.1, -0.05) is 77.5 Å². The Balaban J connectivity index is 0.000000216. The van der Waals surface area contributed by atoms with Gasteiger partial charge in [0.05, 0.1) is 15.6 Å². The van der Waals surface area contributed by atoms with Gasteiger partial charge in [0.15, 0.2) is 0 Å². The topological polar surface area (TPSA) is 72.4 Å². The molecule has 3 aromatic rings. The molecule has 0 heterocycles. The second-order valence-electron chi connectivity index (χ2n) is 7.07. The van der Waals surface area contributed by atoms with Crippen LogP contribution < -0.4 is 10.4 Å². The van der Waals surface area contributed by atoms with Crippen molar-refractivity contribution in [1.29, 1.82) is 0 Å². The fraction of sp³-hybridized carbons (Fsp3) is 0.208. The number of para-hydroxylation sites is 1. The van der Waals surface area contributed by atoms with Crippen molar-refractivity contribution in [2.45, 2.75) is 24.8 Å². The molecule has 0 amide bonds. The minimum atomic E-state index is -1.18. The standard InChI is InChI=1S/C17H17Cl2N.C7H6O3/c1-20-17-9-7-12(13-4-2-3-5-14(13)17)11-6-8-15(18)16(19)10-11;8-6-4-2-1-3-5(6)7(9)10/h2-6,8,10,12,17,20H,7,9H2,1H3;1-4,8H,(H,9,10)/p-1/t12-,17-;/m0./s1. The van der Waals surface area contributed by atoms with Gasteiger partial charge in [-0.15, -0.1) is 0 Å². The minimum Gasteiger partial charge on any atom is -0.872 e. The van der Waals surface area contributed by atoms with Crippen molar-refractivity contribution in [2.24, 2.45) is 0 Å². The first-order valence-corrected chi connectivity index (χ1v) is 10.4. The second kappa shape index (κ2) is 9.98. The molecule has 0 aliphatic heterocycles. The third-order valence-electron chi connectivity index (χ3n) is 5.30. The SMILES string of the molecule is CN[C@H]1CC[C@@H](c2ccc(Cl)c(Cl)c2)c2ccccc21.O=C(O)c1ccccc1[O-]. The fourth-order valence-corrected chi connectivity index (χ4v) is 4.11. The van der Waals surface area contributed by atoms with Crippen LogP contribution in [0.4, 0.5) is 0 Å². The van der Waals surface area contributed by atoms with Gasteiger partial charge in [0.2, 0.25) is 0 Å². The predicted molar refractivity (Wildman–Crippen MR) is 119 cm³/mol. The van der Waals surface area contributed by atoms with Crippen LogP contribution in [0.3, 0.4) is 0 Å². The highest BCUT2D eigenvalue weighted by molar-refractivity contribution is 6.42. The van der Waals surface area contributed by atoms with E-state index in [1.165, 1.54) is 41.0 Å². The normalized spacial score (nSPS) is 17.4. The van der Waals surface area contributed by atoms with E-state index >= 15 is 0 Å². The third kappa shape index (κ3) is 4.96.